The molecule has 0 bridgehead atoms. The Morgan fingerprint density at radius 2 is 1.87 bits per heavy atom. The normalized spacial score (nSPS) is 22.3. The van der Waals surface area contributed by atoms with Crippen LogP contribution in [0, 0.1) is 11.8 Å². The van der Waals surface area contributed by atoms with Crippen LogP contribution in [0.5, 0.6) is 0 Å². The number of alkyl halides is 3. The third kappa shape index (κ3) is 4.23. The second kappa shape index (κ2) is 6.88. The fourth-order valence-corrected chi connectivity index (χ4v) is 2.94. The summed E-state index contributed by atoms with van der Waals surface area (Å²) in [7, 11) is 3.35. The molecule has 4 nitrogen and oxygen atoms in total. The zero-order valence-corrected chi connectivity index (χ0v) is 13.2. The molecule has 128 valence electrons. The second-order valence-corrected chi connectivity index (χ2v) is 6.17. The molecule has 2 rings (SSSR count). The number of hydrogen-bond donors (Lipinski definition) is 1. The van der Waals surface area contributed by atoms with Crippen LogP contribution in [0.3, 0.4) is 0 Å². The maximum atomic E-state index is 12.6. The summed E-state index contributed by atoms with van der Waals surface area (Å²) >= 11 is 0. The predicted octanol–water partition coefficient (Wildman–Crippen LogP) is 1.83. The van der Waals surface area contributed by atoms with Gasteiger partial charge in [-0.2, -0.15) is 13.2 Å². The molecule has 1 aromatic carbocycles. The summed E-state index contributed by atoms with van der Waals surface area (Å²) in [4.78, 5) is 15.6. The third-order valence-corrected chi connectivity index (χ3v) is 4.20. The molecule has 1 aliphatic rings. The minimum atomic E-state index is -4.34. The van der Waals surface area contributed by atoms with E-state index in [1.54, 1.807) is 14.1 Å². The summed E-state index contributed by atoms with van der Waals surface area (Å²) in [6.45, 7) is 1.45. The van der Waals surface area contributed by atoms with Gasteiger partial charge >= 0.3 is 6.18 Å². The fourth-order valence-electron chi connectivity index (χ4n) is 2.94. The highest BCUT2D eigenvalue weighted by Crippen LogP contribution is 2.30. The van der Waals surface area contributed by atoms with E-state index in [0.29, 0.717) is 19.6 Å². The minimum Gasteiger partial charge on any atom is -0.396 e. The lowest BCUT2D eigenvalue weighted by Gasteiger charge is -2.20. The van der Waals surface area contributed by atoms with Gasteiger partial charge in [0.1, 0.15) is 0 Å². The topological polar surface area (TPSA) is 43.8 Å². The number of aliphatic hydroxyl groups excluding tert-OH is 1. The van der Waals surface area contributed by atoms with Gasteiger partial charge in [-0.15, -0.1) is 0 Å². The standard InChI is InChI=1S/C16H21F3N2O2/c1-20(2)15(23)14-9-21(8-12(14)10-22)7-11-3-5-13(6-4-11)16(17,18)19/h3-6,12,14,22H,7-10H2,1-2H3/t12-,14+/m0/s1. The number of carbonyl (C=O) groups is 1. The van der Waals surface area contributed by atoms with Crippen LogP contribution in [0.1, 0.15) is 11.1 Å². The van der Waals surface area contributed by atoms with Gasteiger partial charge in [0.15, 0.2) is 0 Å². The molecule has 1 aliphatic heterocycles. The molecule has 0 radical (unpaired) electrons. The zero-order chi connectivity index (χ0) is 17.2. The van der Waals surface area contributed by atoms with Gasteiger partial charge in [-0.1, -0.05) is 12.1 Å². The highest BCUT2D eigenvalue weighted by atomic mass is 19.4. The number of benzene rings is 1. The number of nitrogens with zero attached hydrogens (tertiary/aromatic N) is 2. The SMILES string of the molecule is CN(C)C(=O)[C@@H]1CN(Cc2ccc(C(F)(F)F)cc2)C[C@H]1CO. The Bertz CT molecular complexity index is 543. The van der Waals surface area contributed by atoms with Crippen LogP contribution >= 0.6 is 0 Å². The molecule has 0 unspecified atom stereocenters. The Hall–Kier alpha value is -1.60. The second-order valence-electron chi connectivity index (χ2n) is 6.17. The largest absolute Gasteiger partial charge is 0.416 e. The summed E-state index contributed by atoms with van der Waals surface area (Å²) in [6, 6.07) is 5.05. The smallest absolute Gasteiger partial charge is 0.396 e. The molecule has 1 heterocycles. The van der Waals surface area contributed by atoms with Crippen LogP contribution in [0.2, 0.25) is 0 Å². The van der Waals surface area contributed by atoms with Gasteiger partial charge in [0.25, 0.3) is 0 Å². The Labute approximate surface area is 133 Å². The first kappa shape index (κ1) is 17.7. The van der Waals surface area contributed by atoms with E-state index < -0.39 is 11.7 Å². The van der Waals surface area contributed by atoms with Crippen molar-refractivity contribution in [2.24, 2.45) is 11.8 Å². The van der Waals surface area contributed by atoms with Gasteiger partial charge in [0.05, 0.1) is 11.5 Å². The molecule has 1 saturated heterocycles. The number of rotatable bonds is 4. The van der Waals surface area contributed by atoms with E-state index in [2.05, 4.69) is 0 Å². The molecule has 0 spiro atoms. The number of carbonyl (C=O) groups excluding carboxylic acids is 1. The first-order valence-corrected chi connectivity index (χ1v) is 7.43. The summed E-state index contributed by atoms with van der Waals surface area (Å²) < 4.78 is 37.7. The van der Waals surface area contributed by atoms with Crippen molar-refractivity contribution in [3.8, 4) is 0 Å². The average Bonchev–Trinajstić information content (AvgIpc) is 2.88. The van der Waals surface area contributed by atoms with Crippen molar-refractivity contribution in [1.29, 1.82) is 0 Å². The number of aliphatic hydroxyl groups is 1. The van der Waals surface area contributed by atoms with Gasteiger partial charge in [-0.25, -0.2) is 0 Å². The van der Waals surface area contributed by atoms with E-state index in [9.17, 15) is 23.1 Å². The zero-order valence-electron chi connectivity index (χ0n) is 13.2. The number of hydrogen-bond acceptors (Lipinski definition) is 3. The van der Waals surface area contributed by atoms with Crippen molar-refractivity contribution < 1.29 is 23.1 Å². The lowest BCUT2D eigenvalue weighted by atomic mass is 9.96. The van der Waals surface area contributed by atoms with Crippen molar-refractivity contribution in [1.82, 2.24) is 9.80 Å². The van der Waals surface area contributed by atoms with E-state index in [1.807, 2.05) is 4.90 Å². The minimum absolute atomic E-state index is 0.0287. The van der Waals surface area contributed by atoms with Crippen LogP contribution in [0.15, 0.2) is 24.3 Å². The summed E-state index contributed by atoms with van der Waals surface area (Å²) in [6.07, 6.45) is -4.34. The molecule has 1 amide bonds. The first-order valence-electron chi connectivity index (χ1n) is 7.43. The van der Waals surface area contributed by atoms with Gasteiger partial charge in [-0.05, 0) is 17.7 Å². The van der Waals surface area contributed by atoms with Gasteiger partial charge < -0.3 is 10.0 Å². The lowest BCUT2D eigenvalue weighted by molar-refractivity contribution is -0.137. The van der Waals surface area contributed by atoms with E-state index >= 15 is 0 Å². The van der Waals surface area contributed by atoms with Crippen molar-refractivity contribution in [3.05, 3.63) is 35.4 Å². The molecule has 1 aromatic rings. The van der Waals surface area contributed by atoms with Crippen LogP contribution in [-0.2, 0) is 17.5 Å². The Balaban J connectivity index is 2.02. The maximum Gasteiger partial charge on any atom is 0.416 e. The van der Waals surface area contributed by atoms with Gasteiger partial charge in [0.2, 0.25) is 5.91 Å². The van der Waals surface area contributed by atoms with Crippen LogP contribution < -0.4 is 0 Å². The molecular formula is C16H21F3N2O2. The van der Waals surface area contributed by atoms with Crippen LogP contribution in [0.25, 0.3) is 0 Å². The average molecular weight is 330 g/mol. The van der Waals surface area contributed by atoms with E-state index in [1.165, 1.54) is 17.0 Å². The summed E-state index contributed by atoms with van der Waals surface area (Å²) in [5.74, 6) is -0.442. The fraction of sp³-hybridized carbons (Fsp3) is 0.562. The van der Waals surface area contributed by atoms with Crippen molar-refractivity contribution in [2.75, 3.05) is 33.8 Å². The quantitative estimate of drug-likeness (QED) is 0.916. The third-order valence-electron chi connectivity index (χ3n) is 4.20. The van der Waals surface area contributed by atoms with Crippen LogP contribution in [-0.4, -0.2) is 54.6 Å². The van der Waals surface area contributed by atoms with Crippen molar-refractivity contribution in [3.63, 3.8) is 0 Å². The number of halogens is 3. The number of amides is 1. The molecular weight excluding hydrogens is 309 g/mol. The Kier molecular flexibility index (Phi) is 5.31. The van der Waals surface area contributed by atoms with Gasteiger partial charge in [-0.3, -0.25) is 9.69 Å². The Morgan fingerprint density at radius 3 is 2.35 bits per heavy atom. The molecule has 1 N–H and O–H groups in total. The lowest BCUT2D eigenvalue weighted by Crippen LogP contribution is -2.35. The molecule has 0 saturated carbocycles. The van der Waals surface area contributed by atoms with E-state index in [0.717, 1.165) is 17.7 Å². The van der Waals surface area contributed by atoms with Gasteiger partial charge in [0, 0.05) is 46.3 Å². The van der Waals surface area contributed by atoms with Crippen molar-refractivity contribution in [2.45, 2.75) is 12.7 Å². The maximum absolute atomic E-state index is 12.6. The Morgan fingerprint density at radius 1 is 1.26 bits per heavy atom. The summed E-state index contributed by atoms with van der Waals surface area (Å²) in [5, 5.41) is 9.45. The summed E-state index contributed by atoms with van der Waals surface area (Å²) in [5.41, 5.74) is 0.0872. The highest BCUT2D eigenvalue weighted by molar-refractivity contribution is 5.79. The monoisotopic (exact) mass is 330 g/mol. The molecule has 2 atom stereocenters. The highest BCUT2D eigenvalue weighted by Gasteiger charge is 2.37. The van der Waals surface area contributed by atoms with Crippen molar-refractivity contribution >= 4 is 5.91 Å². The predicted molar refractivity (Wildman–Crippen MR) is 79.5 cm³/mol. The first-order chi connectivity index (χ1) is 10.7. The molecule has 1 fully saturated rings. The van der Waals surface area contributed by atoms with E-state index in [4.69, 9.17) is 0 Å². The molecule has 0 aliphatic carbocycles. The molecule has 0 aromatic heterocycles. The van der Waals surface area contributed by atoms with E-state index in [-0.39, 0.29) is 24.3 Å². The molecule has 23 heavy (non-hydrogen) atoms. The van der Waals surface area contributed by atoms with Crippen LogP contribution in [0.4, 0.5) is 13.2 Å². The molecule has 7 heteroatoms. The number of likely N-dealkylation sites (tertiary alicyclic amines) is 1.